The van der Waals surface area contributed by atoms with E-state index in [1.165, 1.54) is 17.8 Å². The van der Waals surface area contributed by atoms with Crippen molar-refractivity contribution in [2.75, 3.05) is 32.2 Å². The summed E-state index contributed by atoms with van der Waals surface area (Å²) in [6.07, 6.45) is 4.39. The second-order valence-electron chi connectivity index (χ2n) is 7.69. The van der Waals surface area contributed by atoms with Crippen LogP contribution in [0, 0.1) is 6.92 Å². The first-order valence-electron chi connectivity index (χ1n) is 9.99. The first-order chi connectivity index (χ1) is 13.6. The van der Waals surface area contributed by atoms with Gasteiger partial charge in [-0.2, -0.15) is 0 Å². The Kier molecular flexibility index (Phi) is 5.02. The first-order valence-corrected chi connectivity index (χ1v) is 9.99. The van der Waals surface area contributed by atoms with Gasteiger partial charge in [0.15, 0.2) is 18.0 Å². The molecular formula is C23H29N2O3+. The van der Waals surface area contributed by atoms with Gasteiger partial charge in [-0.15, -0.1) is 0 Å². The molecule has 5 heteroatoms. The SMILES string of the molecule is COc1ccc([C@@]2(O)CN(c3cccc(C)c3)C3=[N+]2CCCCC3)cc1OC. The molecule has 0 saturated carbocycles. The van der Waals surface area contributed by atoms with E-state index in [-0.39, 0.29) is 0 Å². The van der Waals surface area contributed by atoms with Crippen molar-refractivity contribution in [2.45, 2.75) is 38.3 Å². The summed E-state index contributed by atoms with van der Waals surface area (Å²) in [5.74, 6) is 2.52. The van der Waals surface area contributed by atoms with E-state index in [2.05, 4.69) is 40.7 Å². The van der Waals surface area contributed by atoms with Crippen LogP contribution in [0.15, 0.2) is 42.5 Å². The predicted octanol–water partition coefficient (Wildman–Crippen LogP) is 3.66. The summed E-state index contributed by atoms with van der Waals surface area (Å²) in [5.41, 5.74) is 2.10. The Morgan fingerprint density at radius 2 is 1.82 bits per heavy atom. The third-order valence-electron chi connectivity index (χ3n) is 5.89. The number of hydrogen-bond donors (Lipinski definition) is 1. The molecule has 148 valence electrons. The number of anilines is 1. The standard InChI is InChI=1S/C23H29N2O3/c1-17-8-7-9-19(14-17)24-16-23(26,25-13-6-4-5-10-22(24)25)18-11-12-20(27-2)21(15-18)28-3/h7-9,11-12,14-15,26H,4-6,10,13,16H2,1-3H3/q+1/t23-/m0/s1. The fraction of sp³-hybridized carbons (Fsp3) is 0.435. The highest BCUT2D eigenvalue weighted by molar-refractivity contribution is 5.96. The van der Waals surface area contributed by atoms with Crippen molar-refractivity contribution < 1.29 is 19.2 Å². The third-order valence-corrected chi connectivity index (χ3v) is 5.89. The summed E-state index contributed by atoms with van der Waals surface area (Å²) in [5, 5.41) is 11.9. The van der Waals surface area contributed by atoms with Crippen LogP contribution in [0.4, 0.5) is 5.69 Å². The number of β-amino-alcohol motifs (C(OH)–C–C–N with tert-alkyl or cyclic N) is 1. The maximum atomic E-state index is 11.9. The molecule has 0 spiro atoms. The van der Waals surface area contributed by atoms with Crippen molar-refractivity contribution >= 4 is 11.5 Å². The van der Waals surface area contributed by atoms with Crippen molar-refractivity contribution in [3.05, 3.63) is 53.6 Å². The molecular weight excluding hydrogens is 352 g/mol. The minimum Gasteiger partial charge on any atom is -0.493 e. The second kappa shape index (κ2) is 7.47. The lowest BCUT2D eigenvalue weighted by Gasteiger charge is -2.24. The summed E-state index contributed by atoms with van der Waals surface area (Å²) in [4.78, 5) is 2.29. The number of benzene rings is 2. The monoisotopic (exact) mass is 381 g/mol. The largest absolute Gasteiger partial charge is 0.493 e. The van der Waals surface area contributed by atoms with Gasteiger partial charge in [-0.25, -0.2) is 9.48 Å². The van der Waals surface area contributed by atoms with Crippen molar-refractivity contribution in [3.8, 4) is 11.5 Å². The minimum absolute atomic E-state index is 0.501. The summed E-state index contributed by atoms with van der Waals surface area (Å²) >= 11 is 0. The number of amidine groups is 1. The van der Waals surface area contributed by atoms with Crippen LogP contribution in [0.3, 0.4) is 0 Å². The van der Waals surface area contributed by atoms with Crippen LogP contribution in [-0.2, 0) is 5.72 Å². The number of nitrogens with zero attached hydrogens (tertiary/aromatic N) is 2. The van der Waals surface area contributed by atoms with Gasteiger partial charge in [0.25, 0.3) is 11.6 Å². The number of methoxy groups -OCH3 is 2. The molecule has 2 heterocycles. The lowest BCUT2D eigenvalue weighted by atomic mass is 10.0. The smallest absolute Gasteiger partial charge is 0.271 e. The zero-order chi connectivity index (χ0) is 19.7. The normalized spacial score (nSPS) is 22.1. The average Bonchev–Trinajstić information content (AvgIpc) is 2.86. The third kappa shape index (κ3) is 3.14. The highest BCUT2D eigenvalue weighted by atomic mass is 16.5. The van der Waals surface area contributed by atoms with Crippen LogP contribution in [0.5, 0.6) is 11.5 Å². The summed E-state index contributed by atoms with van der Waals surface area (Å²) in [6, 6.07) is 14.2. The fourth-order valence-corrected chi connectivity index (χ4v) is 4.44. The molecule has 2 aromatic carbocycles. The molecule has 1 N–H and O–H groups in total. The molecule has 0 bridgehead atoms. The van der Waals surface area contributed by atoms with Crippen LogP contribution >= 0.6 is 0 Å². The Balaban J connectivity index is 1.81. The molecule has 0 saturated heterocycles. The Labute approximate surface area is 166 Å². The average molecular weight is 381 g/mol. The predicted molar refractivity (Wildman–Crippen MR) is 111 cm³/mol. The molecule has 0 unspecified atom stereocenters. The molecule has 4 rings (SSSR count). The molecule has 0 amide bonds. The molecule has 0 aromatic heterocycles. The Bertz CT molecular complexity index is 908. The number of hydrogen-bond acceptors (Lipinski definition) is 4. The Hall–Kier alpha value is -2.53. The lowest BCUT2D eigenvalue weighted by Crippen LogP contribution is -2.41. The van der Waals surface area contributed by atoms with Crippen LogP contribution in [0.25, 0.3) is 0 Å². The Morgan fingerprint density at radius 3 is 2.57 bits per heavy atom. The van der Waals surface area contributed by atoms with E-state index in [1.54, 1.807) is 14.2 Å². The number of rotatable bonds is 4. The van der Waals surface area contributed by atoms with Gasteiger partial charge in [0.05, 0.1) is 20.8 Å². The van der Waals surface area contributed by atoms with Gasteiger partial charge in [-0.3, -0.25) is 0 Å². The van der Waals surface area contributed by atoms with E-state index in [9.17, 15) is 5.11 Å². The molecule has 0 fully saturated rings. The number of aryl methyl sites for hydroxylation is 1. The zero-order valence-electron chi connectivity index (χ0n) is 16.9. The van der Waals surface area contributed by atoms with Gasteiger partial charge in [0, 0.05) is 12.0 Å². The van der Waals surface area contributed by atoms with Crippen molar-refractivity contribution in [2.24, 2.45) is 0 Å². The van der Waals surface area contributed by atoms with E-state index < -0.39 is 5.72 Å². The summed E-state index contributed by atoms with van der Waals surface area (Å²) < 4.78 is 13.1. The maximum absolute atomic E-state index is 11.9. The van der Waals surface area contributed by atoms with Crippen LogP contribution in [-0.4, -0.2) is 42.8 Å². The summed E-state index contributed by atoms with van der Waals surface area (Å²) in [7, 11) is 3.25. The highest BCUT2D eigenvalue weighted by Crippen LogP contribution is 2.38. The number of ether oxygens (including phenoxy) is 2. The van der Waals surface area contributed by atoms with E-state index in [1.807, 2.05) is 18.2 Å². The first kappa shape index (κ1) is 18.8. The lowest BCUT2D eigenvalue weighted by molar-refractivity contribution is -0.658. The van der Waals surface area contributed by atoms with E-state index in [0.717, 1.165) is 37.1 Å². The quantitative estimate of drug-likeness (QED) is 0.821. The molecule has 0 radical (unpaired) electrons. The van der Waals surface area contributed by atoms with Crippen molar-refractivity contribution in [1.82, 2.24) is 0 Å². The van der Waals surface area contributed by atoms with Gasteiger partial charge >= 0.3 is 0 Å². The summed E-state index contributed by atoms with van der Waals surface area (Å²) in [6.45, 7) is 3.46. The van der Waals surface area contributed by atoms with E-state index >= 15 is 0 Å². The van der Waals surface area contributed by atoms with Crippen LogP contribution in [0.1, 0.15) is 36.8 Å². The van der Waals surface area contributed by atoms with Gasteiger partial charge in [0.2, 0.25) is 0 Å². The molecule has 1 atom stereocenters. The molecule has 0 aliphatic carbocycles. The van der Waals surface area contributed by atoms with E-state index in [4.69, 9.17) is 9.47 Å². The highest BCUT2D eigenvalue weighted by Gasteiger charge is 2.52. The molecule has 2 aliphatic heterocycles. The zero-order valence-corrected chi connectivity index (χ0v) is 16.9. The number of aliphatic hydroxyl groups is 1. The Morgan fingerprint density at radius 1 is 1.00 bits per heavy atom. The molecule has 2 aliphatic rings. The molecule has 28 heavy (non-hydrogen) atoms. The van der Waals surface area contributed by atoms with Crippen molar-refractivity contribution in [3.63, 3.8) is 0 Å². The fourth-order valence-electron chi connectivity index (χ4n) is 4.44. The second-order valence-corrected chi connectivity index (χ2v) is 7.69. The van der Waals surface area contributed by atoms with Gasteiger partial charge in [-0.1, -0.05) is 12.1 Å². The van der Waals surface area contributed by atoms with Gasteiger partial charge < -0.3 is 14.6 Å². The van der Waals surface area contributed by atoms with Crippen molar-refractivity contribution in [1.29, 1.82) is 0 Å². The van der Waals surface area contributed by atoms with Crippen LogP contribution in [0.2, 0.25) is 0 Å². The van der Waals surface area contributed by atoms with Gasteiger partial charge in [0.1, 0.15) is 5.69 Å². The van der Waals surface area contributed by atoms with Gasteiger partial charge in [-0.05, 0) is 62.1 Å². The molecule has 2 aromatic rings. The topological polar surface area (TPSA) is 44.9 Å². The minimum atomic E-state index is -1.09. The van der Waals surface area contributed by atoms with Crippen LogP contribution < -0.4 is 14.4 Å². The molecule has 5 nitrogen and oxygen atoms in total. The van der Waals surface area contributed by atoms with E-state index in [0.29, 0.717) is 18.0 Å². The maximum Gasteiger partial charge on any atom is 0.271 e.